The molecule has 0 aromatic heterocycles. The van der Waals surface area contributed by atoms with Crippen molar-refractivity contribution in [1.82, 2.24) is 5.32 Å². The van der Waals surface area contributed by atoms with Gasteiger partial charge >= 0.3 is 0 Å². The predicted molar refractivity (Wildman–Crippen MR) is 233 cm³/mol. The number of likely N-dealkylation sites (N-methyl/N-ethyl adjacent to an activating group) is 1. The molecule has 8 nitrogen and oxygen atoms in total. The number of unbranched alkanes of at least 4 members (excludes halogenated alkanes) is 18. The van der Waals surface area contributed by atoms with E-state index in [0.29, 0.717) is 17.4 Å². The van der Waals surface area contributed by atoms with Crippen LogP contribution >= 0.6 is 7.82 Å². The van der Waals surface area contributed by atoms with Gasteiger partial charge in [-0.1, -0.05) is 152 Å². The van der Waals surface area contributed by atoms with E-state index in [1.165, 1.54) is 96.3 Å². The maximum Gasteiger partial charge on any atom is 0.268 e. The van der Waals surface area contributed by atoms with Crippen LogP contribution in [0.25, 0.3) is 0 Å². The van der Waals surface area contributed by atoms with Gasteiger partial charge in [-0.25, -0.2) is 0 Å². The molecule has 320 valence electrons. The number of aliphatic hydroxyl groups excluding tert-OH is 1. The Balaban J connectivity index is 4.48. The maximum absolute atomic E-state index is 12.8. The number of phosphoric ester groups is 1. The molecule has 0 aliphatic carbocycles. The quantitative estimate of drug-likeness (QED) is 0.0278. The molecular formula is C46H85N2O6P. The minimum Gasteiger partial charge on any atom is -0.756 e. The van der Waals surface area contributed by atoms with E-state index in [2.05, 4.69) is 67.8 Å². The summed E-state index contributed by atoms with van der Waals surface area (Å²) >= 11 is 0. The second-order valence-corrected chi connectivity index (χ2v) is 17.4. The fourth-order valence-corrected chi connectivity index (χ4v) is 6.58. The van der Waals surface area contributed by atoms with Crippen molar-refractivity contribution in [3.05, 3.63) is 60.8 Å². The number of hydrogen-bond acceptors (Lipinski definition) is 6. The van der Waals surface area contributed by atoms with Crippen molar-refractivity contribution in [2.45, 2.75) is 187 Å². The van der Waals surface area contributed by atoms with Crippen LogP contribution in [-0.4, -0.2) is 68.5 Å². The minimum absolute atomic E-state index is 0.0121. The summed E-state index contributed by atoms with van der Waals surface area (Å²) in [6.45, 7) is 4.55. The van der Waals surface area contributed by atoms with Crippen LogP contribution in [0, 0.1) is 0 Å². The van der Waals surface area contributed by atoms with E-state index in [-0.39, 0.29) is 12.5 Å². The summed E-state index contributed by atoms with van der Waals surface area (Å²) in [6.07, 6.45) is 48.3. The number of carbonyl (C=O) groups excluding carboxylic acids is 1. The maximum atomic E-state index is 12.8. The first-order chi connectivity index (χ1) is 26.5. The Hall–Kier alpha value is -1.80. The zero-order valence-electron chi connectivity index (χ0n) is 36.1. The van der Waals surface area contributed by atoms with Gasteiger partial charge in [-0.05, 0) is 77.0 Å². The zero-order valence-corrected chi connectivity index (χ0v) is 37.0. The van der Waals surface area contributed by atoms with Crippen LogP contribution in [-0.2, 0) is 18.4 Å². The number of rotatable bonds is 39. The van der Waals surface area contributed by atoms with Gasteiger partial charge in [0.1, 0.15) is 13.2 Å². The molecule has 9 heteroatoms. The van der Waals surface area contributed by atoms with E-state index in [0.717, 1.165) is 57.8 Å². The van der Waals surface area contributed by atoms with Gasteiger partial charge in [-0.2, -0.15) is 0 Å². The summed E-state index contributed by atoms with van der Waals surface area (Å²) in [5.74, 6) is -0.220. The van der Waals surface area contributed by atoms with Gasteiger partial charge in [0, 0.05) is 6.42 Å². The third kappa shape index (κ3) is 40.2. The lowest BCUT2D eigenvalue weighted by Crippen LogP contribution is -2.45. The highest BCUT2D eigenvalue weighted by atomic mass is 31.2. The molecule has 0 spiro atoms. The van der Waals surface area contributed by atoms with Crippen LogP contribution in [0.1, 0.15) is 174 Å². The van der Waals surface area contributed by atoms with Gasteiger partial charge in [0.2, 0.25) is 5.91 Å². The van der Waals surface area contributed by atoms with Gasteiger partial charge in [-0.15, -0.1) is 0 Å². The van der Waals surface area contributed by atoms with E-state index >= 15 is 0 Å². The summed E-state index contributed by atoms with van der Waals surface area (Å²) in [7, 11) is 1.22. The van der Waals surface area contributed by atoms with E-state index in [1.807, 2.05) is 27.2 Å². The summed E-state index contributed by atoms with van der Waals surface area (Å²) < 4.78 is 23.1. The monoisotopic (exact) mass is 793 g/mol. The number of amides is 1. The number of nitrogens with zero attached hydrogens (tertiary/aromatic N) is 1. The molecule has 0 fully saturated rings. The van der Waals surface area contributed by atoms with Crippen molar-refractivity contribution in [2.75, 3.05) is 40.9 Å². The highest BCUT2D eigenvalue weighted by molar-refractivity contribution is 7.45. The Morgan fingerprint density at radius 1 is 0.636 bits per heavy atom. The third-order valence-electron chi connectivity index (χ3n) is 9.43. The third-order valence-corrected chi connectivity index (χ3v) is 10.4. The van der Waals surface area contributed by atoms with Gasteiger partial charge in [0.15, 0.2) is 0 Å². The number of aliphatic hydroxyl groups is 1. The number of quaternary nitrogens is 1. The van der Waals surface area contributed by atoms with E-state index < -0.39 is 26.6 Å². The summed E-state index contributed by atoms with van der Waals surface area (Å²) in [4.78, 5) is 25.3. The van der Waals surface area contributed by atoms with Crippen molar-refractivity contribution < 1.29 is 32.9 Å². The van der Waals surface area contributed by atoms with Crippen LogP contribution in [0.2, 0.25) is 0 Å². The lowest BCUT2D eigenvalue weighted by atomic mass is 10.1. The van der Waals surface area contributed by atoms with Crippen molar-refractivity contribution in [3.8, 4) is 0 Å². The van der Waals surface area contributed by atoms with E-state index in [9.17, 15) is 19.4 Å². The van der Waals surface area contributed by atoms with Gasteiger partial charge in [-0.3, -0.25) is 9.36 Å². The average molecular weight is 793 g/mol. The molecule has 2 N–H and O–H groups in total. The first-order valence-corrected chi connectivity index (χ1v) is 23.6. The number of nitrogens with one attached hydrogen (secondary N) is 1. The predicted octanol–water partition coefficient (Wildman–Crippen LogP) is 11.6. The zero-order chi connectivity index (χ0) is 40.7. The van der Waals surface area contributed by atoms with Gasteiger partial charge < -0.3 is 28.8 Å². The van der Waals surface area contributed by atoms with Crippen LogP contribution in [0.4, 0.5) is 0 Å². The second-order valence-electron chi connectivity index (χ2n) is 16.0. The molecule has 0 aromatic carbocycles. The molecule has 1 amide bonds. The lowest BCUT2D eigenvalue weighted by molar-refractivity contribution is -0.870. The molecule has 0 saturated heterocycles. The van der Waals surface area contributed by atoms with Crippen molar-refractivity contribution >= 4 is 13.7 Å². The highest BCUT2D eigenvalue weighted by Gasteiger charge is 2.23. The Morgan fingerprint density at radius 2 is 1.07 bits per heavy atom. The first kappa shape index (κ1) is 53.2. The minimum atomic E-state index is -4.60. The number of carbonyl (C=O) groups is 1. The largest absolute Gasteiger partial charge is 0.756 e. The molecule has 0 aromatic rings. The van der Waals surface area contributed by atoms with Crippen molar-refractivity contribution in [2.24, 2.45) is 0 Å². The Kier molecular flexibility index (Phi) is 36.5. The van der Waals surface area contributed by atoms with Crippen LogP contribution in [0.3, 0.4) is 0 Å². The molecule has 0 radical (unpaired) electrons. The molecule has 0 saturated carbocycles. The second kappa shape index (κ2) is 37.8. The SMILES string of the molecule is CCCCC/C=C\C/C=C\CCCCCCCCCCCC(=O)NC(COP(=O)([O-])OCC[N+](C)(C)C)C(O)/C=C/CC/C=C/CC/C=C/CCCCCC. The molecule has 3 unspecified atom stereocenters. The molecule has 3 atom stereocenters. The van der Waals surface area contributed by atoms with Crippen molar-refractivity contribution in [3.63, 3.8) is 0 Å². The summed E-state index contributed by atoms with van der Waals surface area (Å²) in [6, 6.07) is -0.912. The standard InChI is InChI=1S/C46H85N2O6P/c1-6-8-10-12-14-16-18-20-22-23-24-25-26-28-30-32-34-36-38-40-46(50)47-44(43-54-55(51,52)53-42-41-48(3,4)5)45(49)39-37-35-33-31-29-27-21-19-17-15-13-11-9-7-2/h14,16-17,19-20,22,29,31,37,39,44-45,49H,6-13,15,18,21,23-28,30,32-36,38,40-43H2,1-5H3,(H-,47,50,51,52)/b16-14-,19-17+,22-20-,31-29+,39-37+. The number of phosphoric acid groups is 1. The molecule has 55 heavy (non-hydrogen) atoms. The lowest BCUT2D eigenvalue weighted by Gasteiger charge is -2.29. The smallest absolute Gasteiger partial charge is 0.268 e. The Labute approximate surface area is 339 Å². The van der Waals surface area contributed by atoms with E-state index in [4.69, 9.17) is 9.05 Å². The number of hydrogen-bond donors (Lipinski definition) is 2. The van der Waals surface area contributed by atoms with Gasteiger partial charge in [0.25, 0.3) is 7.82 Å². The van der Waals surface area contributed by atoms with Gasteiger partial charge in [0.05, 0.1) is 39.9 Å². The van der Waals surface area contributed by atoms with Crippen LogP contribution < -0.4 is 10.2 Å². The Bertz CT molecular complexity index is 1080. The number of allylic oxidation sites excluding steroid dienone is 9. The molecule has 0 bridgehead atoms. The normalized spacial score (nSPS) is 15.0. The van der Waals surface area contributed by atoms with Crippen LogP contribution in [0.5, 0.6) is 0 Å². The Morgan fingerprint density at radius 3 is 1.62 bits per heavy atom. The molecule has 0 aliphatic rings. The van der Waals surface area contributed by atoms with Crippen LogP contribution in [0.15, 0.2) is 60.8 Å². The highest BCUT2D eigenvalue weighted by Crippen LogP contribution is 2.38. The molecule has 0 rings (SSSR count). The van der Waals surface area contributed by atoms with E-state index in [1.54, 1.807) is 6.08 Å². The average Bonchev–Trinajstić information content (AvgIpc) is 3.13. The summed E-state index contributed by atoms with van der Waals surface area (Å²) in [5, 5.41) is 13.7. The topological polar surface area (TPSA) is 108 Å². The summed E-state index contributed by atoms with van der Waals surface area (Å²) in [5.41, 5.74) is 0. The fourth-order valence-electron chi connectivity index (χ4n) is 5.86. The first-order valence-electron chi connectivity index (χ1n) is 22.2. The molecular weight excluding hydrogens is 707 g/mol. The fraction of sp³-hybridized carbons (Fsp3) is 0.761. The van der Waals surface area contributed by atoms with Crippen molar-refractivity contribution in [1.29, 1.82) is 0 Å². The molecule has 0 heterocycles. The molecule has 0 aliphatic heterocycles.